The molecule has 12 heteroatoms. The van der Waals surface area contributed by atoms with E-state index in [0.717, 1.165) is 0 Å². The van der Waals surface area contributed by atoms with Gasteiger partial charge in [-0.3, -0.25) is 24.3 Å². The van der Waals surface area contributed by atoms with E-state index in [4.69, 9.17) is 43.4 Å². The van der Waals surface area contributed by atoms with Gasteiger partial charge < -0.3 is 5.21 Å². The lowest BCUT2D eigenvalue weighted by molar-refractivity contribution is -0.742. The van der Waals surface area contributed by atoms with Crippen LogP contribution in [0.5, 0.6) is 0 Å². The Balaban J connectivity index is -0.0000000419. The Bertz CT molecular complexity index is 157. The number of hydrogen-bond donors (Lipinski definition) is 5. The largest absolute Gasteiger partial charge is 0.394 e. The first-order chi connectivity index (χ1) is 4.73. The summed E-state index contributed by atoms with van der Waals surface area (Å²) in [5.41, 5.74) is 0. The van der Waals surface area contributed by atoms with E-state index in [1.54, 1.807) is 0 Å². The maximum Gasteiger partial charge on any atom is 0.394 e. The van der Waals surface area contributed by atoms with Crippen molar-refractivity contribution in [3.63, 3.8) is 0 Å². The summed E-state index contributed by atoms with van der Waals surface area (Å²) in [5, 5.41) is 25.6. The Morgan fingerprint density at radius 1 is 1.17 bits per heavy atom. The standard InChI is InChI=1S/FH.HNO3.H2O4S.H2O2/c;2-1(3)4;1-5(2,3)4;1-2/h1H;(H,2,3,4);(H2,1,2,3,4);1-2H. The molecule has 0 fully saturated rings. The maximum atomic E-state index is 8.74. The lowest BCUT2D eigenvalue weighted by atomic mass is 13.1. The highest BCUT2D eigenvalue weighted by molar-refractivity contribution is 7.79. The van der Waals surface area contributed by atoms with Gasteiger partial charge in [0.2, 0.25) is 0 Å². The fourth-order valence-corrected chi connectivity index (χ4v) is 0. The van der Waals surface area contributed by atoms with Gasteiger partial charge in [0.05, 0.1) is 0 Å². The lowest BCUT2D eigenvalue weighted by Crippen LogP contribution is -1.89. The van der Waals surface area contributed by atoms with E-state index in [1.807, 2.05) is 0 Å². The predicted molar refractivity (Wildman–Crippen MR) is 30.7 cm³/mol. The molecule has 0 saturated carbocycles. The summed E-state index contributed by atoms with van der Waals surface area (Å²) in [4.78, 5) is 8.36. The van der Waals surface area contributed by atoms with Crippen LogP contribution >= 0.6 is 0 Å². The van der Waals surface area contributed by atoms with Crippen molar-refractivity contribution in [2.45, 2.75) is 0 Å². The first-order valence-corrected chi connectivity index (χ1v) is 2.86. The van der Waals surface area contributed by atoms with Gasteiger partial charge in [0, 0.05) is 0 Å². The van der Waals surface area contributed by atoms with E-state index in [0.29, 0.717) is 0 Å². The Kier molecular flexibility index (Phi) is 23.5. The highest BCUT2D eigenvalue weighted by Gasteiger charge is 1.84. The molecule has 5 N–H and O–H groups in total. The minimum Gasteiger partial charge on any atom is -0.328 e. The molecule has 0 spiro atoms. The molecule has 0 radical (unpaired) electrons. The molecule has 0 amide bonds. The van der Waals surface area contributed by atoms with Gasteiger partial charge in [-0.05, 0) is 0 Å². The zero-order chi connectivity index (χ0) is 10.1. The van der Waals surface area contributed by atoms with Gasteiger partial charge in [-0.1, -0.05) is 0 Å². The third-order valence-corrected chi connectivity index (χ3v) is 0. The average Bonchev–Trinajstić information content (AvgIpc) is 1.63. The van der Waals surface area contributed by atoms with E-state index in [1.165, 1.54) is 0 Å². The summed E-state index contributed by atoms with van der Waals surface area (Å²) < 4.78 is 31.6. The van der Waals surface area contributed by atoms with Gasteiger partial charge in [0.15, 0.2) is 0 Å². The quantitative estimate of drug-likeness (QED) is 0.149. The second kappa shape index (κ2) is 12.6. The van der Waals surface area contributed by atoms with Crippen molar-refractivity contribution in [2.24, 2.45) is 0 Å². The molecule has 0 aromatic heterocycles. The van der Waals surface area contributed by atoms with Crippen LogP contribution < -0.4 is 0 Å². The zero-order valence-electron chi connectivity index (χ0n) is 5.13. The van der Waals surface area contributed by atoms with Crippen LogP contribution in [0, 0.1) is 10.1 Å². The number of hydrogen-bond acceptors (Lipinski definition) is 6. The van der Waals surface area contributed by atoms with Crippen molar-refractivity contribution in [3.8, 4) is 0 Å². The molecule has 0 rings (SSSR count). The van der Waals surface area contributed by atoms with Crippen LogP contribution in [0.1, 0.15) is 0 Å². The smallest absolute Gasteiger partial charge is 0.328 e. The highest BCUT2D eigenvalue weighted by Crippen LogP contribution is 1.59. The first-order valence-electron chi connectivity index (χ1n) is 1.46. The first kappa shape index (κ1) is 22.4. The molecular weight excluding hydrogens is 209 g/mol. The van der Waals surface area contributed by atoms with Crippen LogP contribution in [0.2, 0.25) is 0 Å². The van der Waals surface area contributed by atoms with Crippen LogP contribution in [0.4, 0.5) is 4.70 Å². The summed E-state index contributed by atoms with van der Waals surface area (Å²) in [5.74, 6) is 0. The van der Waals surface area contributed by atoms with E-state index < -0.39 is 15.5 Å². The van der Waals surface area contributed by atoms with Gasteiger partial charge in [-0.25, -0.2) is 0 Å². The molecule has 0 saturated heterocycles. The summed E-state index contributed by atoms with van der Waals surface area (Å²) in [6.45, 7) is 0. The molecule has 78 valence electrons. The van der Waals surface area contributed by atoms with Crippen molar-refractivity contribution in [1.82, 2.24) is 0 Å². The summed E-state index contributed by atoms with van der Waals surface area (Å²) >= 11 is 0. The maximum absolute atomic E-state index is 8.74. The molecule has 0 aromatic carbocycles. The molecule has 0 aliphatic heterocycles. The molecule has 0 atom stereocenters. The van der Waals surface area contributed by atoms with Crippen molar-refractivity contribution in [2.75, 3.05) is 0 Å². The SMILES string of the molecule is F.O=S(=O)(O)O.O=[N+]([O-])O.OO. The molecule has 0 aliphatic carbocycles. The Labute approximate surface area is 64.7 Å². The van der Waals surface area contributed by atoms with Crippen molar-refractivity contribution >= 4 is 10.4 Å². The van der Waals surface area contributed by atoms with E-state index in [-0.39, 0.29) is 4.70 Å². The zero-order valence-corrected chi connectivity index (χ0v) is 5.95. The fraction of sp³-hybridized carbons (Fsp3) is 0. The van der Waals surface area contributed by atoms with E-state index >= 15 is 0 Å². The van der Waals surface area contributed by atoms with Gasteiger partial charge in [-0.15, -0.1) is 10.1 Å². The number of rotatable bonds is 0. The molecule has 12 heavy (non-hydrogen) atoms. The third-order valence-electron chi connectivity index (χ3n) is 0. The summed E-state index contributed by atoms with van der Waals surface area (Å²) in [6.07, 6.45) is 0. The topological polar surface area (TPSA) is 178 Å². The van der Waals surface area contributed by atoms with E-state index in [2.05, 4.69) is 0 Å². The second-order valence-electron chi connectivity index (χ2n) is 0.686. The van der Waals surface area contributed by atoms with Gasteiger partial charge >= 0.3 is 10.4 Å². The van der Waals surface area contributed by atoms with Crippen LogP contribution in [0.25, 0.3) is 0 Å². The molecule has 10 nitrogen and oxygen atoms in total. The average molecular weight is 215 g/mol. The summed E-state index contributed by atoms with van der Waals surface area (Å²) in [6, 6.07) is 0. The van der Waals surface area contributed by atoms with Gasteiger partial charge in [0.25, 0.3) is 5.09 Å². The molecule has 0 aliphatic rings. The minimum absolute atomic E-state index is 0. The van der Waals surface area contributed by atoms with Gasteiger partial charge in [-0.2, -0.15) is 8.42 Å². The Hall–Kier alpha value is -1.08. The molecule has 0 heterocycles. The van der Waals surface area contributed by atoms with Crippen LogP contribution in [-0.2, 0) is 10.4 Å². The predicted octanol–water partition coefficient (Wildman–Crippen LogP) is -0.831. The number of halogens is 1. The highest BCUT2D eigenvalue weighted by atomic mass is 32.3. The van der Waals surface area contributed by atoms with Crippen molar-refractivity contribution in [3.05, 3.63) is 10.1 Å². The molecule has 0 unspecified atom stereocenters. The van der Waals surface area contributed by atoms with Crippen LogP contribution in [0.3, 0.4) is 0 Å². The normalized spacial score (nSPS) is 7.33. The second-order valence-corrected chi connectivity index (χ2v) is 1.58. The molecular formula is H6FNO9S. The monoisotopic (exact) mass is 215 g/mol. The number of nitrogens with zero attached hydrogens (tertiary/aromatic N) is 1. The minimum atomic E-state index is -4.67. The van der Waals surface area contributed by atoms with Crippen LogP contribution in [0.15, 0.2) is 0 Å². The molecule has 0 aromatic rings. The van der Waals surface area contributed by atoms with Gasteiger partial charge in [0.1, 0.15) is 0 Å². The van der Waals surface area contributed by atoms with Crippen LogP contribution in [-0.4, -0.2) is 38.3 Å². The lowest BCUT2D eigenvalue weighted by Gasteiger charge is -1.68. The Morgan fingerprint density at radius 2 is 1.17 bits per heavy atom. The fourth-order valence-electron chi connectivity index (χ4n) is 0. The van der Waals surface area contributed by atoms with E-state index in [9.17, 15) is 0 Å². The third kappa shape index (κ3) is 480. The Morgan fingerprint density at radius 3 is 1.17 bits per heavy atom. The summed E-state index contributed by atoms with van der Waals surface area (Å²) in [7, 11) is -4.67. The van der Waals surface area contributed by atoms with Crippen molar-refractivity contribution < 1.29 is 43.0 Å². The van der Waals surface area contributed by atoms with Crippen molar-refractivity contribution in [1.29, 1.82) is 0 Å². The molecule has 0 bridgehead atoms.